The molecule has 0 radical (unpaired) electrons. The van der Waals surface area contributed by atoms with Crippen LogP contribution < -0.4 is 4.74 Å². The van der Waals surface area contributed by atoms with Crippen molar-refractivity contribution >= 4 is 11.9 Å². The van der Waals surface area contributed by atoms with Crippen LogP contribution in [0.15, 0.2) is 40.9 Å². The minimum atomic E-state index is -0.795. The smallest absolute Gasteiger partial charge is 0.303 e. The molecule has 7 heteroatoms. The fourth-order valence-electron chi connectivity index (χ4n) is 3.17. The minimum absolute atomic E-state index is 0.0503. The molecule has 2 atom stereocenters. The van der Waals surface area contributed by atoms with Gasteiger partial charge in [0.25, 0.3) is 5.95 Å². The van der Waals surface area contributed by atoms with E-state index in [1.165, 1.54) is 7.11 Å². The number of aliphatic hydroxyl groups excluding tert-OH is 1. The summed E-state index contributed by atoms with van der Waals surface area (Å²) in [7, 11) is 1.52. The monoisotopic (exact) mass is 391 g/mol. The molecule has 0 bridgehead atoms. The Morgan fingerprint density at radius 1 is 1.43 bits per heavy atom. The van der Waals surface area contributed by atoms with Crippen molar-refractivity contribution < 1.29 is 29.0 Å². The molecule has 0 saturated carbocycles. The molecule has 0 aromatic carbocycles. The second-order valence-electron chi connectivity index (χ2n) is 6.84. The predicted molar refractivity (Wildman–Crippen MR) is 104 cm³/mol. The van der Waals surface area contributed by atoms with Crippen LogP contribution in [0.25, 0.3) is 0 Å². The van der Waals surface area contributed by atoms with Crippen molar-refractivity contribution in [2.45, 2.75) is 57.1 Å². The second kappa shape index (κ2) is 11.3. The Morgan fingerprint density at radius 3 is 2.96 bits per heavy atom. The van der Waals surface area contributed by atoms with Crippen molar-refractivity contribution in [1.82, 2.24) is 4.90 Å². The van der Waals surface area contributed by atoms with E-state index < -0.39 is 12.1 Å². The first-order valence-corrected chi connectivity index (χ1v) is 9.65. The summed E-state index contributed by atoms with van der Waals surface area (Å²) in [5, 5.41) is 18.9. The highest BCUT2D eigenvalue weighted by molar-refractivity contribution is 5.77. The number of aliphatic hydroxyl groups is 1. The molecular weight excluding hydrogens is 362 g/mol. The molecule has 1 aliphatic rings. The van der Waals surface area contributed by atoms with Crippen LogP contribution in [-0.4, -0.2) is 52.8 Å². The van der Waals surface area contributed by atoms with Crippen LogP contribution >= 0.6 is 0 Å². The maximum atomic E-state index is 12.3. The van der Waals surface area contributed by atoms with E-state index in [-0.39, 0.29) is 18.4 Å². The van der Waals surface area contributed by atoms with E-state index in [0.717, 1.165) is 12.8 Å². The molecule has 2 rings (SSSR count). The quantitative estimate of drug-likeness (QED) is 0.444. The Balaban J connectivity index is 1.85. The van der Waals surface area contributed by atoms with Crippen LogP contribution in [0.1, 0.15) is 44.3 Å². The van der Waals surface area contributed by atoms with Crippen LogP contribution in [0.5, 0.6) is 5.95 Å². The molecule has 1 amide bonds. The number of carboxylic acid groups (broad SMARTS) is 1. The Morgan fingerprint density at radius 2 is 2.25 bits per heavy atom. The van der Waals surface area contributed by atoms with Crippen molar-refractivity contribution in [2.75, 3.05) is 13.7 Å². The van der Waals surface area contributed by atoms with Gasteiger partial charge in [0.15, 0.2) is 0 Å². The molecular formula is C21H29NO6. The van der Waals surface area contributed by atoms with Crippen molar-refractivity contribution in [3.8, 4) is 5.95 Å². The Hall–Kier alpha value is -2.54. The van der Waals surface area contributed by atoms with Gasteiger partial charge in [0.05, 0.1) is 19.3 Å². The Labute approximate surface area is 165 Å². The fourth-order valence-corrected chi connectivity index (χ4v) is 3.17. The van der Waals surface area contributed by atoms with Crippen molar-refractivity contribution in [1.29, 1.82) is 0 Å². The van der Waals surface area contributed by atoms with Crippen molar-refractivity contribution in [3.63, 3.8) is 0 Å². The van der Waals surface area contributed by atoms with E-state index in [1.807, 2.05) is 18.2 Å². The number of carbonyl (C=O) groups is 2. The molecule has 1 aromatic heterocycles. The summed E-state index contributed by atoms with van der Waals surface area (Å²) in [6.07, 6.45) is 10.7. The lowest BCUT2D eigenvalue weighted by Gasteiger charge is -2.33. The molecule has 154 valence electrons. The van der Waals surface area contributed by atoms with E-state index in [2.05, 4.69) is 0 Å². The van der Waals surface area contributed by atoms with Gasteiger partial charge < -0.3 is 24.3 Å². The maximum absolute atomic E-state index is 12.3. The SMILES string of the molecule is COc1ccc(CC(O)C=C[C@H]2CCCC(=O)N2CC=CCCCC(=O)O)o1. The topological polar surface area (TPSA) is 100 Å². The van der Waals surface area contributed by atoms with Crippen molar-refractivity contribution in [3.05, 3.63) is 42.2 Å². The molecule has 1 fully saturated rings. The summed E-state index contributed by atoms with van der Waals surface area (Å²) in [6, 6.07) is 3.42. The number of carbonyl (C=O) groups excluding carboxylic acids is 1. The summed E-state index contributed by atoms with van der Waals surface area (Å²) in [4.78, 5) is 24.6. The number of furan rings is 1. The highest BCUT2D eigenvalue weighted by atomic mass is 16.6. The van der Waals surface area contributed by atoms with Gasteiger partial charge in [0, 0.05) is 31.9 Å². The zero-order valence-corrected chi connectivity index (χ0v) is 16.3. The number of ether oxygens (including phenoxy) is 1. The largest absolute Gasteiger partial charge is 0.481 e. The molecule has 0 spiro atoms. The zero-order chi connectivity index (χ0) is 20.4. The van der Waals surface area contributed by atoms with Crippen LogP contribution in [0.2, 0.25) is 0 Å². The first-order chi connectivity index (χ1) is 13.5. The number of piperidine rings is 1. The van der Waals surface area contributed by atoms with E-state index in [9.17, 15) is 14.7 Å². The average Bonchev–Trinajstić information content (AvgIpc) is 3.11. The molecule has 28 heavy (non-hydrogen) atoms. The first-order valence-electron chi connectivity index (χ1n) is 9.65. The number of amides is 1. The molecule has 1 saturated heterocycles. The number of carboxylic acids is 1. The van der Waals surface area contributed by atoms with Crippen LogP contribution in [0.4, 0.5) is 0 Å². The summed E-state index contributed by atoms with van der Waals surface area (Å²) >= 11 is 0. The molecule has 1 unspecified atom stereocenters. The molecule has 7 nitrogen and oxygen atoms in total. The number of allylic oxidation sites excluding steroid dienone is 1. The van der Waals surface area contributed by atoms with Gasteiger partial charge in [-0.05, 0) is 31.7 Å². The number of likely N-dealkylation sites (tertiary alicyclic amines) is 1. The average molecular weight is 391 g/mol. The third-order valence-electron chi connectivity index (χ3n) is 4.65. The van der Waals surface area contributed by atoms with E-state index in [0.29, 0.717) is 43.9 Å². The zero-order valence-electron chi connectivity index (χ0n) is 16.3. The first kappa shape index (κ1) is 21.8. The van der Waals surface area contributed by atoms with Gasteiger partial charge in [-0.2, -0.15) is 0 Å². The standard InChI is InChI=1S/C21H29NO6/c1-27-21-13-12-18(28-21)15-17(23)11-10-16-7-6-8-19(24)22(16)14-5-3-2-4-9-20(25)26/h3,5,10-13,16-17,23H,2,4,6-9,14-15H2,1H3,(H,25,26)/t16-,17?/m1/s1. The maximum Gasteiger partial charge on any atom is 0.303 e. The lowest BCUT2D eigenvalue weighted by atomic mass is 10.00. The van der Waals surface area contributed by atoms with Crippen LogP contribution in [-0.2, 0) is 16.0 Å². The highest BCUT2D eigenvalue weighted by Gasteiger charge is 2.25. The summed E-state index contributed by atoms with van der Waals surface area (Å²) in [5.74, 6) is 0.345. The van der Waals surface area contributed by atoms with Gasteiger partial charge in [0.2, 0.25) is 5.91 Å². The van der Waals surface area contributed by atoms with E-state index in [4.69, 9.17) is 14.3 Å². The highest BCUT2D eigenvalue weighted by Crippen LogP contribution is 2.21. The van der Waals surface area contributed by atoms with Crippen LogP contribution in [0, 0.1) is 0 Å². The summed E-state index contributed by atoms with van der Waals surface area (Å²) < 4.78 is 10.4. The second-order valence-corrected chi connectivity index (χ2v) is 6.84. The lowest BCUT2D eigenvalue weighted by molar-refractivity contribution is -0.137. The van der Waals surface area contributed by atoms with Gasteiger partial charge >= 0.3 is 5.97 Å². The van der Waals surface area contributed by atoms with Gasteiger partial charge in [-0.1, -0.05) is 24.3 Å². The van der Waals surface area contributed by atoms with Gasteiger partial charge in [-0.15, -0.1) is 0 Å². The fraction of sp³-hybridized carbons (Fsp3) is 0.524. The number of unbranched alkanes of at least 4 members (excludes halogenated alkanes) is 1. The number of hydrogen-bond donors (Lipinski definition) is 2. The Kier molecular flexibility index (Phi) is 8.81. The van der Waals surface area contributed by atoms with Crippen LogP contribution in [0.3, 0.4) is 0 Å². The number of rotatable bonds is 11. The lowest BCUT2D eigenvalue weighted by Crippen LogP contribution is -2.42. The number of nitrogens with zero attached hydrogens (tertiary/aromatic N) is 1. The van der Waals surface area contributed by atoms with Gasteiger partial charge in [0.1, 0.15) is 5.76 Å². The number of aliphatic carboxylic acids is 1. The molecule has 1 aliphatic heterocycles. The minimum Gasteiger partial charge on any atom is -0.481 e. The number of hydrogen-bond acceptors (Lipinski definition) is 5. The molecule has 2 N–H and O–H groups in total. The normalized spacial score (nSPS) is 18.9. The molecule has 0 aliphatic carbocycles. The van der Waals surface area contributed by atoms with Gasteiger partial charge in [-0.25, -0.2) is 0 Å². The number of methoxy groups -OCH3 is 1. The third-order valence-corrected chi connectivity index (χ3v) is 4.65. The van der Waals surface area contributed by atoms with E-state index >= 15 is 0 Å². The predicted octanol–water partition coefficient (Wildman–Crippen LogP) is 2.94. The van der Waals surface area contributed by atoms with Gasteiger partial charge in [-0.3, -0.25) is 9.59 Å². The Bertz CT molecular complexity index is 693. The summed E-state index contributed by atoms with van der Waals surface area (Å²) in [5.41, 5.74) is 0. The van der Waals surface area contributed by atoms with Crippen molar-refractivity contribution in [2.24, 2.45) is 0 Å². The molecule has 2 heterocycles. The molecule has 1 aromatic rings. The van der Waals surface area contributed by atoms with E-state index in [1.54, 1.807) is 23.1 Å². The summed E-state index contributed by atoms with van der Waals surface area (Å²) in [6.45, 7) is 0.492. The third kappa shape index (κ3) is 7.23.